The van der Waals surface area contributed by atoms with Gasteiger partial charge in [0.25, 0.3) is 0 Å². The molecule has 1 atom stereocenters. The van der Waals surface area contributed by atoms with Crippen LogP contribution in [0.15, 0.2) is 163 Å². The molecule has 0 amide bonds. The number of allylic oxidation sites excluding steroid dienone is 3. The summed E-state index contributed by atoms with van der Waals surface area (Å²) in [6, 6.07) is 45.0. The van der Waals surface area contributed by atoms with E-state index in [-0.39, 0.29) is 14.8 Å². The number of nitrogens with zero attached hydrogens (tertiary/aromatic N) is 8. The second kappa shape index (κ2) is 17.4. The number of pyridine rings is 3. The van der Waals surface area contributed by atoms with Gasteiger partial charge >= 0.3 is 0 Å². The number of alkyl halides is 1. The van der Waals surface area contributed by atoms with E-state index in [9.17, 15) is 0 Å². The quantitative estimate of drug-likeness (QED) is 0.0995. The number of benzene rings is 6. The van der Waals surface area contributed by atoms with Gasteiger partial charge in [-0.1, -0.05) is 141 Å². The normalized spacial score (nSPS) is 17.4. The summed E-state index contributed by atoms with van der Waals surface area (Å²) in [5.74, 6) is 1.88. The SMILES string of the molecule is CC1(C)c2ccccc2-c2ccc(-c3nc4c(n3-c3c5c(c(-n6c(-c7ccc8c(c7)C(C)(C)c7ccccc7-8)nc7c8cccnc8c8ncccc8c76)c6c3CCCC6)CCC=C5)-c3cccnc3CN=C/C=C\C4I)cc21. The number of rotatable bonds is 4. The van der Waals surface area contributed by atoms with Crippen LogP contribution in [0.1, 0.15) is 107 Å². The Kier molecular flexibility index (Phi) is 10.3. The summed E-state index contributed by atoms with van der Waals surface area (Å²) < 4.78 is 5.12. The van der Waals surface area contributed by atoms with Crippen molar-refractivity contribution < 1.29 is 0 Å². The van der Waals surface area contributed by atoms with E-state index in [0.29, 0.717) is 6.54 Å². The maximum Gasteiger partial charge on any atom is 0.145 e. The molecule has 8 nitrogen and oxygen atoms in total. The maximum absolute atomic E-state index is 5.94. The first kappa shape index (κ1) is 46.9. The second-order valence-corrected chi connectivity index (χ2v) is 24.4. The van der Waals surface area contributed by atoms with E-state index in [2.05, 4.69) is 199 Å². The van der Waals surface area contributed by atoms with Crippen LogP contribution < -0.4 is 0 Å². The molecule has 4 aliphatic carbocycles. The Hall–Kier alpha value is -8.15. The monoisotopic (exact) mass is 1130 g/mol. The van der Waals surface area contributed by atoms with Crippen molar-refractivity contribution in [2.24, 2.45) is 4.99 Å². The summed E-state index contributed by atoms with van der Waals surface area (Å²) in [7, 11) is 0. The van der Waals surface area contributed by atoms with Crippen molar-refractivity contribution in [3.63, 3.8) is 0 Å². The molecular formula is C70H55IN8. The molecule has 11 aromatic rings. The molecule has 0 fully saturated rings. The first-order valence-electron chi connectivity index (χ1n) is 28.0. The average molecular weight is 1140 g/mol. The molecule has 0 saturated carbocycles. The zero-order valence-electron chi connectivity index (χ0n) is 44.6. The van der Waals surface area contributed by atoms with Crippen LogP contribution in [-0.4, -0.2) is 40.3 Å². The summed E-state index contributed by atoms with van der Waals surface area (Å²) in [5.41, 5.74) is 28.0. The number of halogens is 1. The minimum absolute atomic E-state index is 0.0574. The molecule has 0 saturated heterocycles. The Morgan fingerprint density at radius 1 is 0.544 bits per heavy atom. The van der Waals surface area contributed by atoms with Gasteiger partial charge in [-0.25, -0.2) is 9.97 Å². The summed E-state index contributed by atoms with van der Waals surface area (Å²) in [4.78, 5) is 32.0. The van der Waals surface area contributed by atoms with E-state index < -0.39 is 0 Å². The average Bonchev–Trinajstić information content (AvgIpc) is 4.43. The van der Waals surface area contributed by atoms with Gasteiger partial charge in [-0.2, -0.15) is 0 Å². The number of hydrogen-bond acceptors (Lipinski definition) is 6. The molecule has 1 aliphatic heterocycles. The third kappa shape index (κ3) is 6.71. The van der Waals surface area contributed by atoms with Crippen molar-refractivity contribution in [2.75, 3.05) is 0 Å². The van der Waals surface area contributed by atoms with Crippen LogP contribution in [0.3, 0.4) is 0 Å². The van der Waals surface area contributed by atoms with Crippen LogP contribution in [-0.2, 0) is 36.6 Å². The standard InChI is InChI=1S/C70H55IN8/c1-69(2)53-26-11-9-17-42(53)44-31-29-40(37-55(44)69)67-76-61-51-24-14-35-74-59(51)60-52(25-15-36-75-60)66(61)79(67)64-48-21-7-5-19-46(48)63(47-20-6-8-22-49(47)64)78-65-50-23-13-34-73-58(50)39-72-33-16-28-57(71)62(65)77-68(78)41-30-32-45-43-18-10-12-27-54(43)70(3,4)56(45)38-41/h5,9-19,23-38,57H,6-8,20-22,39H2,1-4H3/b28-16-,72-33?. The highest BCUT2D eigenvalue weighted by molar-refractivity contribution is 14.1. The highest BCUT2D eigenvalue weighted by atomic mass is 127. The van der Waals surface area contributed by atoms with Crippen LogP contribution in [0.5, 0.6) is 0 Å². The molecule has 79 heavy (non-hydrogen) atoms. The van der Waals surface area contributed by atoms with Crippen molar-refractivity contribution in [3.05, 3.63) is 214 Å². The van der Waals surface area contributed by atoms with Gasteiger partial charge in [0.05, 0.1) is 61.0 Å². The molecule has 6 heterocycles. The van der Waals surface area contributed by atoms with E-state index in [0.717, 1.165) is 117 Å². The fourth-order valence-electron chi connectivity index (χ4n) is 14.5. The van der Waals surface area contributed by atoms with E-state index in [1.165, 1.54) is 78.1 Å². The van der Waals surface area contributed by atoms with Gasteiger partial charge in [0, 0.05) is 68.7 Å². The van der Waals surface area contributed by atoms with Crippen LogP contribution in [0.25, 0.3) is 107 Å². The number of hydrogen-bond donors (Lipinski definition) is 0. The third-order valence-corrected chi connectivity index (χ3v) is 19.1. The number of imidazole rings is 2. The Balaban J connectivity index is 1.04. The van der Waals surface area contributed by atoms with E-state index in [1.807, 2.05) is 30.9 Å². The largest absolute Gasteiger partial charge is 0.291 e. The fourth-order valence-corrected chi connectivity index (χ4v) is 15.1. The molecule has 16 rings (SSSR count). The second-order valence-electron chi connectivity index (χ2n) is 23.1. The van der Waals surface area contributed by atoms with Crippen molar-refractivity contribution in [2.45, 2.75) is 87.5 Å². The molecule has 0 bridgehead atoms. The van der Waals surface area contributed by atoms with Crippen LogP contribution in [0.4, 0.5) is 0 Å². The van der Waals surface area contributed by atoms with Crippen LogP contribution in [0.2, 0.25) is 0 Å². The lowest BCUT2D eigenvalue weighted by molar-refractivity contribution is 0.660. The lowest BCUT2D eigenvalue weighted by atomic mass is 9.80. The van der Waals surface area contributed by atoms with Gasteiger partial charge in [-0.15, -0.1) is 0 Å². The van der Waals surface area contributed by atoms with Crippen LogP contribution in [0, 0.1) is 0 Å². The molecule has 1 unspecified atom stereocenters. The zero-order chi connectivity index (χ0) is 52.9. The predicted molar refractivity (Wildman–Crippen MR) is 330 cm³/mol. The van der Waals surface area contributed by atoms with Crippen molar-refractivity contribution >= 4 is 67.7 Å². The topological polar surface area (TPSA) is 86.7 Å². The lowest BCUT2D eigenvalue weighted by Crippen LogP contribution is -2.20. The van der Waals surface area contributed by atoms with Gasteiger partial charge in [0.2, 0.25) is 0 Å². The lowest BCUT2D eigenvalue weighted by Gasteiger charge is -2.32. The Morgan fingerprint density at radius 3 is 1.85 bits per heavy atom. The Bertz CT molecular complexity index is 4560. The molecule has 6 aromatic carbocycles. The molecule has 5 aliphatic rings. The minimum atomic E-state index is -0.195. The van der Waals surface area contributed by atoms with E-state index >= 15 is 0 Å². The van der Waals surface area contributed by atoms with E-state index in [1.54, 1.807) is 0 Å². The molecule has 0 N–H and O–H groups in total. The Labute approximate surface area is 472 Å². The molecule has 9 heteroatoms. The molecule has 5 aromatic heterocycles. The highest BCUT2D eigenvalue weighted by Crippen LogP contribution is 2.54. The maximum atomic E-state index is 5.94. The summed E-state index contributed by atoms with van der Waals surface area (Å²) in [5, 5.41) is 2.05. The fraction of sp³-hybridized carbons (Fsp3) is 0.200. The minimum Gasteiger partial charge on any atom is -0.291 e. The smallest absolute Gasteiger partial charge is 0.145 e. The Morgan fingerprint density at radius 2 is 1.14 bits per heavy atom. The molecule has 382 valence electrons. The third-order valence-electron chi connectivity index (χ3n) is 18.1. The van der Waals surface area contributed by atoms with Crippen molar-refractivity contribution in [3.8, 4) is 67.7 Å². The summed E-state index contributed by atoms with van der Waals surface area (Å²) in [6.45, 7) is 9.95. The van der Waals surface area contributed by atoms with Gasteiger partial charge in [0.15, 0.2) is 0 Å². The number of aromatic nitrogens is 7. The van der Waals surface area contributed by atoms with E-state index in [4.69, 9.17) is 29.9 Å². The number of aliphatic imine (C=N–C) groups is 1. The van der Waals surface area contributed by atoms with Crippen LogP contribution >= 0.6 is 22.6 Å². The molecule has 0 radical (unpaired) electrons. The van der Waals surface area contributed by atoms with Crippen molar-refractivity contribution in [1.82, 2.24) is 34.1 Å². The molecule has 0 spiro atoms. The first-order chi connectivity index (χ1) is 38.7. The summed E-state index contributed by atoms with van der Waals surface area (Å²) >= 11 is 2.59. The zero-order valence-corrected chi connectivity index (χ0v) is 46.8. The first-order valence-corrected chi connectivity index (χ1v) is 29.2. The van der Waals surface area contributed by atoms with Gasteiger partial charge in [0.1, 0.15) is 11.6 Å². The number of fused-ring (bicyclic) bond motifs is 17. The van der Waals surface area contributed by atoms with Gasteiger partial charge in [-0.05, 0) is 154 Å². The highest BCUT2D eigenvalue weighted by Gasteiger charge is 2.40. The molecular weight excluding hydrogens is 1080 g/mol. The van der Waals surface area contributed by atoms with Gasteiger partial charge in [-0.3, -0.25) is 29.1 Å². The van der Waals surface area contributed by atoms with Gasteiger partial charge < -0.3 is 0 Å². The predicted octanol–water partition coefficient (Wildman–Crippen LogP) is 16.8. The summed E-state index contributed by atoms with van der Waals surface area (Å²) in [6.07, 6.45) is 22.5. The van der Waals surface area contributed by atoms with Crippen molar-refractivity contribution in [1.29, 1.82) is 0 Å².